The third-order valence-electron chi connectivity index (χ3n) is 7.51. The second-order valence-electron chi connectivity index (χ2n) is 9.61. The normalized spacial score (nSPS) is 24.7. The molecule has 0 amide bonds. The van der Waals surface area contributed by atoms with Crippen molar-refractivity contribution in [1.82, 2.24) is 4.90 Å². The minimum absolute atomic E-state index is 0.0338. The Morgan fingerprint density at radius 2 is 1.33 bits per heavy atom. The number of likely N-dealkylation sites (tertiary alicyclic amines) is 1. The average molecular weight is 555 g/mol. The molecule has 1 aliphatic carbocycles. The Bertz CT molecular complexity index is 1250. The molecule has 1 fully saturated rings. The molecule has 2 aromatic carbocycles. The largest absolute Gasteiger partial charge is 0.493 e. The van der Waals surface area contributed by atoms with Crippen molar-refractivity contribution in [3.63, 3.8) is 0 Å². The summed E-state index contributed by atoms with van der Waals surface area (Å²) in [6, 6.07) is 9.40. The summed E-state index contributed by atoms with van der Waals surface area (Å²) in [6.45, 7) is -1.03. The van der Waals surface area contributed by atoms with Crippen molar-refractivity contribution in [2.45, 2.75) is 47.8 Å². The molecule has 11 N–H and O–H groups in total. The summed E-state index contributed by atoms with van der Waals surface area (Å²) in [5, 5.41) is 120. The molecule has 2 aliphatic rings. The molecule has 0 radical (unpaired) electrons. The third-order valence-corrected chi connectivity index (χ3v) is 7.51. The van der Waals surface area contributed by atoms with Crippen LogP contribution in [0.25, 0.3) is 0 Å². The van der Waals surface area contributed by atoms with Crippen LogP contribution in [-0.2, 0) is 13.0 Å². The van der Waals surface area contributed by atoms with Crippen LogP contribution < -0.4 is 9.47 Å². The molecule has 0 aromatic heterocycles. The van der Waals surface area contributed by atoms with Gasteiger partial charge in [0.1, 0.15) is 0 Å². The fraction of sp³-hybridized carbons (Fsp3) is 0.458. The molecule has 15 heteroatoms. The van der Waals surface area contributed by atoms with Crippen LogP contribution in [0, 0.1) is 5.92 Å². The van der Waals surface area contributed by atoms with E-state index >= 15 is 0 Å². The number of fused-ring (bicyclic) bond motifs is 1. The molecule has 0 saturated carbocycles. The van der Waals surface area contributed by atoms with E-state index in [2.05, 4.69) is 0 Å². The summed E-state index contributed by atoms with van der Waals surface area (Å²) >= 11 is 0. The van der Waals surface area contributed by atoms with Crippen LogP contribution in [0.2, 0.25) is 0 Å². The van der Waals surface area contributed by atoms with E-state index in [-0.39, 0.29) is 28.2 Å². The summed E-state index contributed by atoms with van der Waals surface area (Å²) in [5.41, 5.74) is -5.01. The fourth-order valence-corrected chi connectivity index (χ4v) is 5.22. The summed E-state index contributed by atoms with van der Waals surface area (Å²) < 4.78 is 10.2. The van der Waals surface area contributed by atoms with E-state index < -0.39 is 64.4 Å². The number of hydrogen-bond donors (Lipinski definition) is 11. The minimum atomic E-state index is -4.89. The molecule has 1 unspecified atom stereocenters. The number of piperidine rings is 1. The van der Waals surface area contributed by atoms with Gasteiger partial charge < -0.3 is 65.6 Å². The number of Topliss-reactive ketones (excluding diaryl/α,β-unsaturated/α-hetero) is 1. The second kappa shape index (κ2) is 8.87. The van der Waals surface area contributed by atoms with Gasteiger partial charge in [-0.15, -0.1) is 0 Å². The number of carbonyl (C=O) groups excluding carboxylic acids is 1. The lowest BCUT2D eigenvalue weighted by atomic mass is 9.65. The quantitative estimate of drug-likeness (QED) is 0.150. The first-order valence-electron chi connectivity index (χ1n) is 11.4. The van der Waals surface area contributed by atoms with E-state index in [4.69, 9.17) is 9.47 Å². The van der Waals surface area contributed by atoms with Crippen molar-refractivity contribution in [3.05, 3.63) is 59.2 Å². The van der Waals surface area contributed by atoms with E-state index in [0.29, 0.717) is 0 Å². The Hall–Kier alpha value is -2.77. The number of nitrogens with zero attached hydrogens (tertiary/aromatic N) is 1. The van der Waals surface area contributed by atoms with Gasteiger partial charge in [0.25, 0.3) is 23.4 Å². The first kappa shape index (κ1) is 29.2. The number of aliphatic hydroxyl groups is 11. The summed E-state index contributed by atoms with van der Waals surface area (Å²) in [6.07, 6.45) is -0.711. The molecule has 1 heterocycles. The van der Waals surface area contributed by atoms with Gasteiger partial charge >= 0.3 is 0 Å². The number of rotatable bonds is 6. The smallest absolute Gasteiger partial charge is 0.290 e. The molecule has 15 nitrogen and oxygen atoms in total. The maximum Gasteiger partial charge on any atom is 0.290 e. The zero-order chi connectivity index (χ0) is 29.4. The Morgan fingerprint density at radius 3 is 1.82 bits per heavy atom. The van der Waals surface area contributed by atoms with E-state index in [0.717, 1.165) is 6.07 Å². The SMILES string of the molecule is COc1cc2c(cc1OC)C(=O)C(C(O)(O)C1(O)C(O)(O)C(O)(O)N(Cc3ccccc3)C(O)(O)C1(O)O)C2. The molecule has 1 atom stereocenters. The zero-order valence-electron chi connectivity index (χ0n) is 20.6. The lowest BCUT2D eigenvalue weighted by molar-refractivity contribution is -0.620. The highest BCUT2D eigenvalue weighted by Gasteiger charge is 2.90. The minimum Gasteiger partial charge on any atom is -0.493 e. The van der Waals surface area contributed by atoms with E-state index in [1.54, 1.807) is 0 Å². The predicted octanol–water partition coefficient (Wildman–Crippen LogP) is -4.37. The van der Waals surface area contributed by atoms with E-state index in [1.807, 2.05) is 0 Å². The summed E-state index contributed by atoms with van der Waals surface area (Å²) in [7, 11) is 2.52. The maximum absolute atomic E-state index is 13.2. The number of hydrogen-bond acceptors (Lipinski definition) is 15. The summed E-state index contributed by atoms with van der Waals surface area (Å²) in [4.78, 5) is 12.8. The maximum atomic E-state index is 13.2. The van der Waals surface area contributed by atoms with Crippen molar-refractivity contribution >= 4 is 5.78 Å². The number of ether oxygens (including phenoxy) is 2. The Morgan fingerprint density at radius 1 is 0.846 bits per heavy atom. The third kappa shape index (κ3) is 3.58. The van der Waals surface area contributed by atoms with Crippen LogP contribution in [0.5, 0.6) is 11.5 Å². The topological polar surface area (TPSA) is 261 Å². The molecule has 0 bridgehead atoms. The Labute approximate surface area is 220 Å². The first-order chi connectivity index (χ1) is 17.8. The first-order valence-corrected chi connectivity index (χ1v) is 11.4. The van der Waals surface area contributed by atoms with Crippen LogP contribution in [0.15, 0.2) is 42.5 Å². The van der Waals surface area contributed by atoms with Crippen molar-refractivity contribution in [1.29, 1.82) is 0 Å². The molecular weight excluding hydrogens is 526 g/mol. The lowest BCUT2D eigenvalue weighted by Crippen LogP contribution is -2.97. The van der Waals surface area contributed by atoms with Gasteiger partial charge in [0.05, 0.1) is 20.1 Å². The van der Waals surface area contributed by atoms with Gasteiger partial charge in [0.2, 0.25) is 11.4 Å². The van der Waals surface area contributed by atoms with E-state index in [1.165, 1.54) is 50.6 Å². The molecule has 39 heavy (non-hydrogen) atoms. The van der Waals surface area contributed by atoms with Gasteiger partial charge in [-0.05, 0) is 29.7 Å². The molecule has 214 valence electrons. The van der Waals surface area contributed by atoms with Crippen LogP contribution in [0.1, 0.15) is 21.5 Å². The highest BCUT2D eigenvalue weighted by atomic mass is 16.7. The number of carbonyl (C=O) groups is 1. The van der Waals surface area contributed by atoms with Gasteiger partial charge in [0, 0.05) is 12.1 Å². The van der Waals surface area contributed by atoms with Crippen LogP contribution in [0.4, 0.5) is 0 Å². The number of ketones is 1. The van der Waals surface area contributed by atoms with E-state index in [9.17, 15) is 61.0 Å². The van der Waals surface area contributed by atoms with Crippen molar-refractivity contribution in [2.75, 3.05) is 14.2 Å². The van der Waals surface area contributed by atoms with Gasteiger partial charge in [-0.1, -0.05) is 30.3 Å². The lowest BCUT2D eigenvalue weighted by Gasteiger charge is -2.65. The number of methoxy groups -OCH3 is 2. The monoisotopic (exact) mass is 555 g/mol. The van der Waals surface area contributed by atoms with Gasteiger partial charge in [-0.2, -0.15) is 4.90 Å². The van der Waals surface area contributed by atoms with Gasteiger partial charge in [0.15, 0.2) is 17.3 Å². The zero-order valence-corrected chi connectivity index (χ0v) is 20.6. The highest BCUT2D eigenvalue weighted by Crippen LogP contribution is 2.57. The highest BCUT2D eigenvalue weighted by molar-refractivity contribution is 6.03. The number of benzene rings is 2. The standard InChI is InChI=1S/C24H29NO14/c1-38-16-9-13-8-15(18(26)14(13)10-17(16)39-2)19(27,28)20(29)21(30,31)23(34,35)25(24(36,37)22(20,32)33)11-12-6-4-3-5-7-12/h3-7,9-10,15,27-37H,8,11H2,1-2H3. The van der Waals surface area contributed by atoms with Crippen LogP contribution in [0.3, 0.4) is 0 Å². The van der Waals surface area contributed by atoms with Crippen LogP contribution >= 0.6 is 0 Å². The van der Waals surface area contributed by atoms with Crippen molar-refractivity contribution < 1.29 is 70.4 Å². The van der Waals surface area contributed by atoms with Gasteiger partial charge in [-0.3, -0.25) is 4.79 Å². The second-order valence-corrected chi connectivity index (χ2v) is 9.61. The molecule has 1 aliphatic heterocycles. The van der Waals surface area contributed by atoms with Crippen LogP contribution in [-0.4, -0.2) is 116 Å². The van der Waals surface area contributed by atoms with Crippen molar-refractivity contribution in [2.24, 2.45) is 5.92 Å². The molecular formula is C24H29NO14. The average Bonchev–Trinajstić information content (AvgIpc) is 3.21. The Kier molecular flexibility index (Phi) is 6.64. The molecule has 1 saturated heterocycles. The molecule has 2 aromatic rings. The van der Waals surface area contributed by atoms with Gasteiger partial charge in [-0.25, -0.2) is 0 Å². The molecule has 0 spiro atoms. The Balaban J connectivity index is 1.85. The molecule has 4 rings (SSSR count). The van der Waals surface area contributed by atoms with Crippen molar-refractivity contribution in [3.8, 4) is 11.5 Å². The predicted molar refractivity (Wildman–Crippen MR) is 124 cm³/mol. The summed E-state index contributed by atoms with van der Waals surface area (Å²) in [5.74, 6) is -26.3. The fourth-order valence-electron chi connectivity index (χ4n) is 5.22.